The Morgan fingerprint density at radius 3 is 2.54 bits per heavy atom. The number of halogens is 4. The first-order chi connectivity index (χ1) is 17.7. The van der Waals surface area contributed by atoms with Crippen LogP contribution in [0.4, 0.5) is 17.6 Å². The Bertz CT molecular complexity index is 1130. The fraction of sp³-hybridized carbons (Fsp3) is 0.607. The van der Waals surface area contributed by atoms with Crippen molar-refractivity contribution in [2.45, 2.75) is 70.1 Å². The Morgan fingerprint density at radius 2 is 1.86 bits per heavy atom. The summed E-state index contributed by atoms with van der Waals surface area (Å²) in [6.07, 6.45) is 0.00630. The van der Waals surface area contributed by atoms with Gasteiger partial charge in [-0.25, -0.2) is 14.4 Å². The first kappa shape index (κ1) is 26.1. The van der Waals surface area contributed by atoms with Crippen molar-refractivity contribution >= 4 is 5.91 Å². The summed E-state index contributed by atoms with van der Waals surface area (Å²) in [6, 6.07) is 5.25. The Hall–Kier alpha value is -2.55. The normalized spacial score (nSPS) is 23.3. The zero-order chi connectivity index (χ0) is 26.2. The zero-order valence-electron chi connectivity index (χ0n) is 21.1. The van der Waals surface area contributed by atoms with Gasteiger partial charge in [0, 0.05) is 37.6 Å². The smallest absolute Gasteiger partial charge is 0.378 e. The minimum atomic E-state index is -4.42. The van der Waals surface area contributed by atoms with Gasteiger partial charge in [0.15, 0.2) is 0 Å². The van der Waals surface area contributed by atoms with Crippen LogP contribution >= 0.6 is 0 Å². The molecular formula is C28H33F4N3O2. The zero-order valence-corrected chi connectivity index (χ0v) is 21.1. The SMILES string of the molecule is Cc1c(Cc2cccc(C(F)(F)F)c2)nc(C2CC2)nc1C(=O)N1CCC(C[C@@H]2CCOC[C@@H]2F)CC1. The molecule has 0 radical (unpaired) electrons. The molecule has 5 nitrogen and oxygen atoms in total. The van der Waals surface area contributed by atoms with E-state index in [0.717, 1.165) is 50.7 Å². The summed E-state index contributed by atoms with van der Waals surface area (Å²) in [5, 5.41) is 0. The fourth-order valence-electron chi connectivity index (χ4n) is 5.50. The number of ether oxygens (including phenoxy) is 1. The van der Waals surface area contributed by atoms with Gasteiger partial charge >= 0.3 is 6.18 Å². The van der Waals surface area contributed by atoms with Crippen molar-refractivity contribution in [3.8, 4) is 0 Å². The number of carbonyl (C=O) groups excluding carboxylic acids is 1. The summed E-state index contributed by atoms with van der Waals surface area (Å²) in [5.41, 5.74) is 1.37. The minimum Gasteiger partial charge on any atom is -0.378 e. The first-order valence-corrected chi connectivity index (χ1v) is 13.2. The number of piperidine rings is 1. The maximum Gasteiger partial charge on any atom is 0.416 e. The average molecular weight is 520 g/mol. The third-order valence-corrected chi connectivity index (χ3v) is 7.99. The van der Waals surface area contributed by atoms with Crippen LogP contribution in [0.15, 0.2) is 24.3 Å². The van der Waals surface area contributed by atoms with Gasteiger partial charge in [0.05, 0.1) is 17.9 Å². The summed E-state index contributed by atoms with van der Waals surface area (Å²) in [5.74, 6) is 1.07. The number of benzene rings is 1. The van der Waals surface area contributed by atoms with Crippen molar-refractivity contribution in [1.82, 2.24) is 14.9 Å². The van der Waals surface area contributed by atoms with E-state index in [1.165, 1.54) is 6.07 Å². The third-order valence-electron chi connectivity index (χ3n) is 7.99. The topological polar surface area (TPSA) is 55.3 Å². The second-order valence-electron chi connectivity index (χ2n) is 10.8. The molecule has 9 heteroatoms. The van der Waals surface area contributed by atoms with Gasteiger partial charge in [0.25, 0.3) is 5.91 Å². The molecule has 1 aliphatic carbocycles. The number of carbonyl (C=O) groups is 1. The van der Waals surface area contributed by atoms with Crippen LogP contribution < -0.4 is 0 Å². The molecule has 37 heavy (non-hydrogen) atoms. The molecule has 5 rings (SSSR count). The molecule has 200 valence electrons. The second kappa shape index (κ2) is 10.7. The van der Waals surface area contributed by atoms with E-state index in [9.17, 15) is 22.4 Å². The lowest BCUT2D eigenvalue weighted by Gasteiger charge is -2.35. The van der Waals surface area contributed by atoms with Crippen LogP contribution in [0.5, 0.6) is 0 Å². The fourth-order valence-corrected chi connectivity index (χ4v) is 5.50. The van der Waals surface area contributed by atoms with Gasteiger partial charge in [-0.05, 0) is 68.9 Å². The van der Waals surface area contributed by atoms with Crippen molar-refractivity contribution in [1.29, 1.82) is 0 Å². The molecule has 0 unspecified atom stereocenters. The maximum atomic E-state index is 14.2. The lowest BCUT2D eigenvalue weighted by atomic mass is 9.83. The molecule has 1 aromatic carbocycles. The molecule has 1 saturated carbocycles. The van der Waals surface area contributed by atoms with Gasteiger partial charge in [0.2, 0.25) is 0 Å². The highest BCUT2D eigenvalue weighted by Gasteiger charge is 2.34. The molecule has 0 bridgehead atoms. The molecule has 3 aliphatic rings. The van der Waals surface area contributed by atoms with E-state index in [0.29, 0.717) is 54.0 Å². The van der Waals surface area contributed by atoms with Crippen molar-refractivity contribution in [2.24, 2.45) is 11.8 Å². The van der Waals surface area contributed by atoms with Crippen LogP contribution in [0, 0.1) is 18.8 Å². The highest BCUT2D eigenvalue weighted by molar-refractivity contribution is 5.94. The summed E-state index contributed by atoms with van der Waals surface area (Å²) >= 11 is 0. The molecule has 2 atom stereocenters. The van der Waals surface area contributed by atoms with Gasteiger partial charge < -0.3 is 9.64 Å². The second-order valence-corrected chi connectivity index (χ2v) is 10.8. The molecule has 3 fully saturated rings. The monoisotopic (exact) mass is 519 g/mol. The Balaban J connectivity index is 1.31. The number of nitrogens with zero attached hydrogens (tertiary/aromatic N) is 3. The van der Waals surface area contributed by atoms with E-state index in [2.05, 4.69) is 9.97 Å². The Labute approximate surface area is 214 Å². The van der Waals surface area contributed by atoms with Crippen LogP contribution in [0.25, 0.3) is 0 Å². The number of hydrogen-bond donors (Lipinski definition) is 0. The van der Waals surface area contributed by atoms with Crippen LogP contribution in [0.3, 0.4) is 0 Å². The Kier molecular flexibility index (Phi) is 7.52. The quantitative estimate of drug-likeness (QED) is 0.447. The predicted octanol–water partition coefficient (Wildman–Crippen LogP) is 5.89. The van der Waals surface area contributed by atoms with Crippen molar-refractivity contribution < 1.29 is 27.1 Å². The van der Waals surface area contributed by atoms with Crippen LogP contribution in [-0.4, -0.2) is 53.2 Å². The predicted molar refractivity (Wildman–Crippen MR) is 130 cm³/mol. The summed E-state index contributed by atoms with van der Waals surface area (Å²) in [6.45, 7) is 3.76. The highest BCUT2D eigenvalue weighted by Crippen LogP contribution is 2.39. The molecule has 1 amide bonds. The van der Waals surface area contributed by atoms with Crippen LogP contribution in [-0.2, 0) is 17.3 Å². The molecule has 2 aliphatic heterocycles. The van der Waals surface area contributed by atoms with Crippen molar-refractivity contribution in [3.05, 3.63) is 58.2 Å². The van der Waals surface area contributed by atoms with Crippen LogP contribution in [0.1, 0.15) is 83.1 Å². The van der Waals surface area contributed by atoms with E-state index < -0.39 is 17.9 Å². The van der Waals surface area contributed by atoms with Gasteiger partial charge in [0.1, 0.15) is 17.7 Å². The van der Waals surface area contributed by atoms with Gasteiger partial charge in [-0.15, -0.1) is 0 Å². The van der Waals surface area contributed by atoms with E-state index in [4.69, 9.17) is 4.74 Å². The number of aromatic nitrogens is 2. The molecule has 2 aromatic rings. The molecular weight excluding hydrogens is 486 g/mol. The Morgan fingerprint density at radius 1 is 1.11 bits per heavy atom. The van der Waals surface area contributed by atoms with E-state index in [-0.39, 0.29) is 30.8 Å². The summed E-state index contributed by atoms with van der Waals surface area (Å²) in [4.78, 5) is 24.7. The number of likely N-dealkylation sites (tertiary alicyclic amines) is 1. The number of hydrogen-bond acceptors (Lipinski definition) is 4. The lowest BCUT2D eigenvalue weighted by Crippen LogP contribution is -2.40. The first-order valence-electron chi connectivity index (χ1n) is 13.2. The molecule has 0 N–H and O–H groups in total. The highest BCUT2D eigenvalue weighted by atomic mass is 19.4. The van der Waals surface area contributed by atoms with Gasteiger partial charge in [-0.2, -0.15) is 13.2 Å². The number of alkyl halides is 4. The molecule has 2 saturated heterocycles. The van der Waals surface area contributed by atoms with E-state index >= 15 is 0 Å². The van der Waals surface area contributed by atoms with Crippen molar-refractivity contribution in [3.63, 3.8) is 0 Å². The maximum absolute atomic E-state index is 14.2. The number of amides is 1. The van der Waals surface area contributed by atoms with Gasteiger partial charge in [-0.1, -0.05) is 18.2 Å². The third kappa shape index (κ3) is 6.13. The number of rotatable bonds is 6. The van der Waals surface area contributed by atoms with E-state index in [1.54, 1.807) is 13.0 Å². The lowest BCUT2D eigenvalue weighted by molar-refractivity contribution is -0.137. The molecule has 0 spiro atoms. The molecule has 1 aromatic heterocycles. The summed E-state index contributed by atoms with van der Waals surface area (Å²) < 4.78 is 59.1. The largest absolute Gasteiger partial charge is 0.416 e. The summed E-state index contributed by atoms with van der Waals surface area (Å²) in [7, 11) is 0. The van der Waals surface area contributed by atoms with E-state index in [1.807, 2.05) is 4.90 Å². The van der Waals surface area contributed by atoms with Gasteiger partial charge in [-0.3, -0.25) is 4.79 Å². The average Bonchev–Trinajstić information content (AvgIpc) is 3.72. The molecule has 3 heterocycles. The standard InChI is InChI=1S/C28H33F4N3O2/c1-17-24(15-19-3-2-4-22(14-19)28(30,31)32)33-26(20-5-6-20)34-25(17)27(36)35-10-7-18(8-11-35)13-21-9-12-37-16-23(21)29/h2-4,14,18,20-21,23H,5-13,15-16H2,1H3/t21-,23-/m0/s1. The van der Waals surface area contributed by atoms with Crippen molar-refractivity contribution in [2.75, 3.05) is 26.3 Å². The van der Waals surface area contributed by atoms with Crippen LogP contribution in [0.2, 0.25) is 0 Å². The minimum absolute atomic E-state index is 0.0321.